The molecule has 0 bridgehead atoms. The molecule has 2 fully saturated rings. The number of nitrogens with two attached hydrogens (primary N) is 1. The van der Waals surface area contributed by atoms with Crippen molar-refractivity contribution in [1.29, 1.82) is 0 Å². The van der Waals surface area contributed by atoms with Crippen LogP contribution in [-0.4, -0.2) is 66.5 Å². The average molecular weight is 390 g/mol. The van der Waals surface area contributed by atoms with Crippen molar-refractivity contribution in [3.05, 3.63) is 35.4 Å². The maximum absolute atomic E-state index is 13.8. The maximum atomic E-state index is 13.8. The third-order valence-electron chi connectivity index (χ3n) is 4.84. The van der Waals surface area contributed by atoms with Crippen LogP contribution in [0.4, 0.5) is 8.78 Å². The molecule has 9 heteroatoms. The standard InChI is InChI=1S/C17H21F2N3O3.ClH/c18-12-2-1-3-13(19)14(12)15(23)21-6-8-22(9-7-21)16(24)17(20)4-10-25-11-5-17;/h1-3H,4-11,20H2;1H. The van der Waals surface area contributed by atoms with E-state index in [1.807, 2.05) is 0 Å². The molecule has 0 unspecified atom stereocenters. The number of piperazine rings is 1. The molecule has 2 amide bonds. The first-order valence-corrected chi connectivity index (χ1v) is 8.32. The zero-order valence-electron chi connectivity index (χ0n) is 14.2. The zero-order chi connectivity index (χ0) is 18.0. The van der Waals surface area contributed by atoms with Gasteiger partial charge in [0.15, 0.2) is 0 Å². The maximum Gasteiger partial charge on any atom is 0.259 e. The lowest BCUT2D eigenvalue weighted by atomic mass is 9.89. The number of amides is 2. The van der Waals surface area contributed by atoms with Crippen LogP contribution in [0.3, 0.4) is 0 Å². The van der Waals surface area contributed by atoms with Gasteiger partial charge in [-0.3, -0.25) is 9.59 Å². The Kier molecular flexibility index (Phi) is 6.54. The number of benzene rings is 1. The van der Waals surface area contributed by atoms with Gasteiger partial charge in [0.1, 0.15) is 17.2 Å². The van der Waals surface area contributed by atoms with Gasteiger partial charge in [-0.2, -0.15) is 0 Å². The minimum atomic E-state index is -0.928. The number of carbonyl (C=O) groups excluding carboxylic acids is 2. The van der Waals surface area contributed by atoms with Gasteiger partial charge in [0.25, 0.3) is 5.91 Å². The molecule has 2 aliphatic rings. The molecule has 1 aromatic rings. The van der Waals surface area contributed by atoms with Crippen LogP contribution in [0, 0.1) is 11.6 Å². The number of hydrogen-bond acceptors (Lipinski definition) is 4. The number of rotatable bonds is 2. The minimum absolute atomic E-state index is 0. The second-order valence-corrected chi connectivity index (χ2v) is 6.45. The molecule has 0 radical (unpaired) electrons. The molecule has 0 spiro atoms. The molecule has 2 heterocycles. The highest BCUT2D eigenvalue weighted by molar-refractivity contribution is 5.95. The van der Waals surface area contributed by atoms with Gasteiger partial charge in [0.2, 0.25) is 5.91 Å². The smallest absolute Gasteiger partial charge is 0.259 e. The van der Waals surface area contributed by atoms with E-state index in [-0.39, 0.29) is 31.4 Å². The van der Waals surface area contributed by atoms with Crippen LogP contribution in [-0.2, 0) is 9.53 Å². The topological polar surface area (TPSA) is 75.9 Å². The fourth-order valence-corrected chi connectivity index (χ4v) is 3.24. The summed E-state index contributed by atoms with van der Waals surface area (Å²) >= 11 is 0. The van der Waals surface area contributed by atoms with Crippen LogP contribution in [0.1, 0.15) is 23.2 Å². The van der Waals surface area contributed by atoms with Crippen molar-refractivity contribution < 1.29 is 23.1 Å². The SMILES string of the molecule is Cl.NC1(C(=O)N2CCN(C(=O)c3c(F)cccc3F)CC2)CCOCC1. The third-order valence-corrected chi connectivity index (χ3v) is 4.84. The molecule has 2 N–H and O–H groups in total. The summed E-state index contributed by atoms with van der Waals surface area (Å²) in [5, 5.41) is 0. The summed E-state index contributed by atoms with van der Waals surface area (Å²) in [5.41, 5.74) is 4.73. The molecule has 3 rings (SSSR count). The molecule has 144 valence electrons. The Labute approximate surface area is 156 Å². The van der Waals surface area contributed by atoms with Crippen molar-refractivity contribution in [2.45, 2.75) is 18.4 Å². The van der Waals surface area contributed by atoms with Crippen molar-refractivity contribution in [2.24, 2.45) is 5.73 Å². The van der Waals surface area contributed by atoms with Gasteiger partial charge in [0, 0.05) is 39.4 Å². The first kappa shape index (κ1) is 20.5. The largest absolute Gasteiger partial charge is 0.381 e. The summed E-state index contributed by atoms with van der Waals surface area (Å²) < 4.78 is 32.8. The summed E-state index contributed by atoms with van der Waals surface area (Å²) in [6.45, 7) is 1.91. The van der Waals surface area contributed by atoms with Gasteiger partial charge in [-0.15, -0.1) is 12.4 Å². The fraction of sp³-hybridized carbons (Fsp3) is 0.529. The van der Waals surface area contributed by atoms with Crippen LogP contribution in [0.15, 0.2) is 18.2 Å². The van der Waals surface area contributed by atoms with E-state index >= 15 is 0 Å². The zero-order valence-corrected chi connectivity index (χ0v) is 15.1. The normalized spacial score (nSPS) is 19.7. The van der Waals surface area contributed by atoms with Gasteiger partial charge in [-0.25, -0.2) is 8.78 Å². The van der Waals surface area contributed by atoms with E-state index in [1.165, 1.54) is 11.0 Å². The Hall–Kier alpha value is -1.77. The van der Waals surface area contributed by atoms with Gasteiger partial charge in [0.05, 0.1) is 5.54 Å². The number of carbonyl (C=O) groups is 2. The number of halogens is 3. The molecule has 0 aliphatic carbocycles. The van der Waals surface area contributed by atoms with Gasteiger partial charge in [-0.05, 0) is 25.0 Å². The van der Waals surface area contributed by atoms with Gasteiger partial charge < -0.3 is 20.3 Å². The van der Waals surface area contributed by atoms with Gasteiger partial charge >= 0.3 is 0 Å². The van der Waals surface area contributed by atoms with Crippen LogP contribution >= 0.6 is 12.4 Å². The second kappa shape index (κ2) is 8.28. The minimum Gasteiger partial charge on any atom is -0.381 e. The van der Waals surface area contributed by atoms with Crippen LogP contribution < -0.4 is 5.73 Å². The average Bonchev–Trinajstić information content (AvgIpc) is 2.61. The predicted molar refractivity (Wildman–Crippen MR) is 93.1 cm³/mol. The first-order valence-electron chi connectivity index (χ1n) is 8.32. The molecule has 2 saturated heterocycles. The lowest BCUT2D eigenvalue weighted by molar-refractivity contribution is -0.142. The third kappa shape index (κ3) is 3.97. The molecule has 0 aromatic heterocycles. The Morgan fingerprint density at radius 3 is 2.04 bits per heavy atom. The van der Waals surface area contributed by atoms with E-state index in [0.29, 0.717) is 39.1 Å². The Morgan fingerprint density at radius 2 is 1.50 bits per heavy atom. The van der Waals surface area contributed by atoms with E-state index < -0.39 is 28.6 Å². The van der Waals surface area contributed by atoms with Crippen molar-refractivity contribution >= 4 is 24.2 Å². The van der Waals surface area contributed by atoms with Crippen molar-refractivity contribution in [3.8, 4) is 0 Å². The predicted octanol–water partition coefficient (Wildman–Crippen LogP) is 1.18. The Balaban J connectivity index is 0.00000243. The van der Waals surface area contributed by atoms with E-state index in [1.54, 1.807) is 4.90 Å². The van der Waals surface area contributed by atoms with Gasteiger partial charge in [-0.1, -0.05) is 6.07 Å². The highest BCUT2D eigenvalue weighted by Crippen LogP contribution is 2.22. The molecule has 1 aromatic carbocycles. The van der Waals surface area contributed by atoms with E-state index in [0.717, 1.165) is 12.1 Å². The quantitative estimate of drug-likeness (QED) is 0.824. The monoisotopic (exact) mass is 389 g/mol. The fourth-order valence-electron chi connectivity index (χ4n) is 3.24. The van der Waals surface area contributed by atoms with Crippen LogP contribution in [0.2, 0.25) is 0 Å². The van der Waals surface area contributed by atoms with Crippen LogP contribution in [0.5, 0.6) is 0 Å². The molecular weight excluding hydrogens is 368 g/mol. The molecule has 0 atom stereocenters. The molecule has 2 aliphatic heterocycles. The van der Waals surface area contributed by atoms with E-state index in [4.69, 9.17) is 10.5 Å². The summed E-state index contributed by atoms with van der Waals surface area (Å²) in [6, 6.07) is 3.32. The first-order chi connectivity index (χ1) is 11.9. The lowest BCUT2D eigenvalue weighted by Crippen LogP contribution is -2.61. The summed E-state index contributed by atoms with van der Waals surface area (Å²) in [7, 11) is 0. The highest BCUT2D eigenvalue weighted by atomic mass is 35.5. The Morgan fingerprint density at radius 1 is 1.00 bits per heavy atom. The van der Waals surface area contributed by atoms with Crippen LogP contribution in [0.25, 0.3) is 0 Å². The molecule has 0 saturated carbocycles. The Bertz CT molecular complexity index is 655. The van der Waals surface area contributed by atoms with E-state index in [2.05, 4.69) is 0 Å². The number of ether oxygens (including phenoxy) is 1. The summed E-state index contributed by atoms with van der Waals surface area (Å²) in [6.07, 6.45) is 0.927. The second-order valence-electron chi connectivity index (χ2n) is 6.45. The highest BCUT2D eigenvalue weighted by Gasteiger charge is 2.40. The van der Waals surface area contributed by atoms with Crippen molar-refractivity contribution in [3.63, 3.8) is 0 Å². The van der Waals surface area contributed by atoms with Crippen molar-refractivity contribution in [1.82, 2.24) is 9.80 Å². The van der Waals surface area contributed by atoms with Crippen molar-refractivity contribution in [2.75, 3.05) is 39.4 Å². The molecular formula is C17H22ClF2N3O3. The number of hydrogen-bond donors (Lipinski definition) is 1. The summed E-state index contributed by atoms with van der Waals surface area (Å²) in [4.78, 5) is 28.0. The lowest BCUT2D eigenvalue weighted by Gasteiger charge is -2.40. The molecule has 6 nitrogen and oxygen atoms in total. The summed E-state index contributed by atoms with van der Waals surface area (Å²) in [5.74, 6) is -2.62. The van der Waals surface area contributed by atoms with E-state index in [9.17, 15) is 18.4 Å². The number of nitrogens with zero attached hydrogens (tertiary/aromatic N) is 2. The molecule has 26 heavy (non-hydrogen) atoms.